The number of nitro groups is 1. The first kappa shape index (κ1) is 9.11. The molecule has 0 aromatic carbocycles. The summed E-state index contributed by atoms with van der Waals surface area (Å²) in [6.45, 7) is 1.49. The maximum Gasteiger partial charge on any atom is 0.363 e. The number of rotatable bonds is 2. The van der Waals surface area contributed by atoms with E-state index in [9.17, 15) is 14.9 Å². The van der Waals surface area contributed by atoms with Crippen LogP contribution in [-0.2, 0) is 0 Å². The van der Waals surface area contributed by atoms with Crippen molar-refractivity contribution in [2.24, 2.45) is 5.73 Å². The van der Waals surface area contributed by atoms with E-state index in [4.69, 9.17) is 5.73 Å². The van der Waals surface area contributed by atoms with Crippen LogP contribution in [0.3, 0.4) is 0 Å². The second kappa shape index (κ2) is 3.18. The Morgan fingerprint density at radius 2 is 2.23 bits per heavy atom. The largest absolute Gasteiger partial charge is 0.365 e. The fraction of sp³-hybridized carbons (Fsp3) is 0.143. The molecular formula is C7H7N3O3. The maximum absolute atomic E-state index is 10.7. The van der Waals surface area contributed by atoms with E-state index in [0.29, 0.717) is 0 Å². The summed E-state index contributed by atoms with van der Waals surface area (Å²) in [7, 11) is 0. The molecule has 0 radical (unpaired) electrons. The van der Waals surface area contributed by atoms with Crippen molar-refractivity contribution in [3.05, 3.63) is 33.5 Å². The number of hydrogen-bond donors (Lipinski definition) is 1. The summed E-state index contributed by atoms with van der Waals surface area (Å²) in [4.78, 5) is 23.9. The highest BCUT2D eigenvalue weighted by atomic mass is 16.6. The highest BCUT2D eigenvalue weighted by Gasteiger charge is 2.14. The van der Waals surface area contributed by atoms with Crippen LogP contribution in [0.4, 0.5) is 5.82 Å². The summed E-state index contributed by atoms with van der Waals surface area (Å²) in [5.74, 6) is -0.928. The molecule has 1 aromatic rings. The van der Waals surface area contributed by atoms with Gasteiger partial charge in [0.05, 0.1) is 5.56 Å². The van der Waals surface area contributed by atoms with Crippen molar-refractivity contribution < 1.29 is 9.72 Å². The van der Waals surface area contributed by atoms with Gasteiger partial charge in [-0.3, -0.25) is 4.79 Å². The monoisotopic (exact) mass is 181 g/mol. The molecule has 0 spiro atoms. The van der Waals surface area contributed by atoms with E-state index >= 15 is 0 Å². The van der Waals surface area contributed by atoms with Gasteiger partial charge in [0.2, 0.25) is 0 Å². The first-order valence-corrected chi connectivity index (χ1v) is 3.44. The first-order valence-electron chi connectivity index (χ1n) is 3.44. The Morgan fingerprint density at radius 1 is 1.62 bits per heavy atom. The third-order valence-electron chi connectivity index (χ3n) is 1.52. The van der Waals surface area contributed by atoms with Gasteiger partial charge in [-0.05, 0) is 16.0 Å². The van der Waals surface area contributed by atoms with E-state index in [-0.39, 0.29) is 17.1 Å². The molecule has 0 bridgehead atoms. The molecule has 0 saturated carbocycles. The second-order valence-corrected chi connectivity index (χ2v) is 2.42. The molecular weight excluding hydrogens is 174 g/mol. The molecule has 0 aliphatic heterocycles. The van der Waals surface area contributed by atoms with Crippen LogP contribution in [0.5, 0.6) is 0 Å². The van der Waals surface area contributed by atoms with Crippen LogP contribution >= 0.6 is 0 Å². The molecule has 1 aromatic heterocycles. The average molecular weight is 181 g/mol. The van der Waals surface area contributed by atoms with Crippen molar-refractivity contribution in [1.29, 1.82) is 0 Å². The van der Waals surface area contributed by atoms with Crippen molar-refractivity contribution in [2.75, 3.05) is 0 Å². The molecule has 2 N–H and O–H groups in total. The topological polar surface area (TPSA) is 99.1 Å². The molecule has 6 heteroatoms. The third-order valence-corrected chi connectivity index (χ3v) is 1.52. The number of aromatic nitrogens is 1. The van der Waals surface area contributed by atoms with Crippen LogP contribution in [0.1, 0.15) is 16.1 Å². The minimum atomic E-state index is -0.639. The molecule has 6 nitrogen and oxygen atoms in total. The van der Waals surface area contributed by atoms with E-state index in [1.54, 1.807) is 0 Å². The number of aryl methyl sites for hydroxylation is 1. The van der Waals surface area contributed by atoms with Gasteiger partial charge in [0.15, 0.2) is 5.69 Å². The highest BCUT2D eigenvalue weighted by Crippen LogP contribution is 2.11. The van der Waals surface area contributed by atoms with Crippen LogP contribution < -0.4 is 5.73 Å². The van der Waals surface area contributed by atoms with Gasteiger partial charge in [0.1, 0.15) is 0 Å². The zero-order valence-corrected chi connectivity index (χ0v) is 6.85. The van der Waals surface area contributed by atoms with Crippen LogP contribution in [-0.4, -0.2) is 15.8 Å². The second-order valence-electron chi connectivity index (χ2n) is 2.42. The van der Waals surface area contributed by atoms with Gasteiger partial charge in [-0.25, -0.2) is 0 Å². The fourth-order valence-corrected chi connectivity index (χ4v) is 0.910. The average Bonchev–Trinajstić information content (AvgIpc) is 2.03. The smallest absolute Gasteiger partial charge is 0.363 e. The molecule has 0 aliphatic carbocycles. The van der Waals surface area contributed by atoms with Crippen molar-refractivity contribution in [1.82, 2.24) is 4.98 Å². The lowest BCUT2D eigenvalue weighted by Crippen LogP contribution is -2.13. The highest BCUT2D eigenvalue weighted by molar-refractivity contribution is 5.93. The lowest BCUT2D eigenvalue weighted by molar-refractivity contribution is -0.389. The predicted molar refractivity (Wildman–Crippen MR) is 44.1 cm³/mol. The Bertz CT molecular complexity index is 375. The van der Waals surface area contributed by atoms with Gasteiger partial charge in [-0.15, -0.1) is 0 Å². The zero-order chi connectivity index (χ0) is 10.0. The number of carbonyl (C=O) groups is 1. The molecule has 0 atom stereocenters. The molecule has 1 rings (SSSR count). The SMILES string of the molecule is Cc1nc([N+](=O)[O-])ccc1C(N)=O. The van der Waals surface area contributed by atoms with Gasteiger partial charge < -0.3 is 15.8 Å². The normalized spacial score (nSPS) is 9.62. The zero-order valence-electron chi connectivity index (χ0n) is 6.85. The van der Waals surface area contributed by atoms with Gasteiger partial charge in [0.25, 0.3) is 5.91 Å². The number of primary amides is 1. The summed E-state index contributed by atoms with van der Waals surface area (Å²) >= 11 is 0. The molecule has 13 heavy (non-hydrogen) atoms. The standard InChI is InChI=1S/C7H7N3O3/c1-4-5(7(8)11)2-3-6(9-4)10(12)13/h2-3H,1H3,(H2,8,11). The minimum Gasteiger partial charge on any atom is -0.365 e. The molecule has 0 fully saturated rings. The summed E-state index contributed by atoms with van der Waals surface area (Å²) in [6.07, 6.45) is 0. The van der Waals surface area contributed by atoms with E-state index < -0.39 is 10.8 Å². The Labute approximate surface area is 73.5 Å². The van der Waals surface area contributed by atoms with Crippen molar-refractivity contribution >= 4 is 11.7 Å². The number of carbonyl (C=O) groups excluding carboxylic acids is 1. The van der Waals surface area contributed by atoms with Gasteiger partial charge in [0, 0.05) is 13.0 Å². The molecule has 0 unspecified atom stereocenters. The van der Waals surface area contributed by atoms with E-state index in [2.05, 4.69) is 4.98 Å². The van der Waals surface area contributed by atoms with E-state index in [1.807, 2.05) is 0 Å². The Balaban J connectivity index is 3.20. The lowest BCUT2D eigenvalue weighted by Gasteiger charge is -1.96. The number of hydrogen-bond acceptors (Lipinski definition) is 4. The lowest BCUT2D eigenvalue weighted by atomic mass is 10.2. The fourth-order valence-electron chi connectivity index (χ4n) is 0.910. The van der Waals surface area contributed by atoms with Gasteiger partial charge >= 0.3 is 5.82 Å². The number of pyridine rings is 1. The quantitative estimate of drug-likeness (QED) is 0.527. The summed E-state index contributed by atoms with van der Waals surface area (Å²) in [5.41, 5.74) is 5.46. The van der Waals surface area contributed by atoms with E-state index in [1.165, 1.54) is 13.0 Å². The van der Waals surface area contributed by atoms with Crippen molar-refractivity contribution in [3.63, 3.8) is 0 Å². The number of amides is 1. The van der Waals surface area contributed by atoms with Gasteiger partial charge in [-0.2, -0.15) is 0 Å². The number of nitrogens with zero attached hydrogens (tertiary/aromatic N) is 2. The molecule has 1 heterocycles. The summed E-state index contributed by atoms with van der Waals surface area (Å²) in [6, 6.07) is 2.44. The third kappa shape index (κ3) is 1.78. The first-order chi connectivity index (χ1) is 6.02. The molecule has 0 saturated heterocycles. The van der Waals surface area contributed by atoms with Crippen LogP contribution in [0, 0.1) is 17.0 Å². The van der Waals surface area contributed by atoms with Crippen LogP contribution in [0.2, 0.25) is 0 Å². The van der Waals surface area contributed by atoms with Crippen molar-refractivity contribution in [3.8, 4) is 0 Å². The van der Waals surface area contributed by atoms with E-state index in [0.717, 1.165) is 6.07 Å². The van der Waals surface area contributed by atoms with Crippen LogP contribution in [0.15, 0.2) is 12.1 Å². The Hall–Kier alpha value is -1.98. The van der Waals surface area contributed by atoms with Gasteiger partial charge in [-0.1, -0.05) is 0 Å². The number of nitrogens with two attached hydrogens (primary N) is 1. The maximum atomic E-state index is 10.7. The van der Waals surface area contributed by atoms with Crippen LogP contribution in [0.25, 0.3) is 0 Å². The summed E-state index contributed by atoms with van der Waals surface area (Å²) in [5, 5.41) is 10.3. The van der Waals surface area contributed by atoms with Crippen molar-refractivity contribution in [2.45, 2.75) is 6.92 Å². The molecule has 0 aliphatic rings. The minimum absolute atomic E-state index is 0.200. The Morgan fingerprint density at radius 3 is 2.62 bits per heavy atom. The summed E-state index contributed by atoms with van der Waals surface area (Å²) < 4.78 is 0. The Kier molecular flexibility index (Phi) is 2.23. The molecule has 68 valence electrons. The molecule has 1 amide bonds. The predicted octanol–water partition coefficient (Wildman–Crippen LogP) is 0.397.